The minimum absolute atomic E-state index is 0.272. The average Bonchev–Trinajstić information content (AvgIpc) is 2.75. The van der Waals surface area contributed by atoms with Gasteiger partial charge in [0, 0.05) is 36.2 Å². The van der Waals surface area contributed by atoms with Gasteiger partial charge in [-0.15, -0.1) is 0 Å². The summed E-state index contributed by atoms with van der Waals surface area (Å²) in [5.74, 6) is 1.36. The molecule has 32 heavy (non-hydrogen) atoms. The highest BCUT2D eigenvalue weighted by molar-refractivity contribution is 7.92. The Balaban J connectivity index is 1.48. The van der Waals surface area contributed by atoms with E-state index in [9.17, 15) is 8.42 Å². The third-order valence-corrected chi connectivity index (χ3v) is 6.73. The van der Waals surface area contributed by atoms with Gasteiger partial charge >= 0.3 is 0 Å². The van der Waals surface area contributed by atoms with Crippen LogP contribution in [0.5, 0.6) is 0 Å². The second-order valence-corrected chi connectivity index (χ2v) is 9.52. The summed E-state index contributed by atoms with van der Waals surface area (Å²) < 4.78 is 33.6. The van der Waals surface area contributed by atoms with Crippen LogP contribution in [0.3, 0.4) is 0 Å². The van der Waals surface area contributed by atoms with Crippen LogP contribution in [0.2, 0.25) is 0 Å². The molecule has 1 saturated heterocycles. The third-order valence-electron chi connectivity index (χ3n) is 5.19. The second-order valence-electron chi connectivity index (χ2n) is 7.87. The van der Waals surface area contributed by atoms with Gasteiger partial charge in [-0.05, 0) is 56.7 Å². The van der Waals surface area contributed by atoms with Crippen molar-refractivity contribution in [2.45, 2.75) is 25.7 Å². The van der Waals surface area contributed by atoms with Gasteiger partial charge in [-0.3, -0.25) is 4.72 Å². The molecule has 0 unspecified atom stereocenters. The summed E-state index contributed by atoms with van der Waals surface area (Å²) in [6, 6.07) is 14.2. The zero-order valence-electron chi connectivity index (χ0n) is 18.4. The van der Waals surface area contributed by atoms with Crippen molar-refractivity contribution in [1.82, 2.24) is 9.97 Å². The third kappa shape index (κ3) is 5.17. The zero-order valence-corrected chi connectivity index (χ0v) is 19.2. The van der Waals surface area contributed by atoms with Crippen LogP contribution in [-0.2, 0) is 14.8 Å². The molecule has 0 amide bonds. The van der Waals surface area contributed by atoms with Crippen LogP contribution in [0.4, 0.5) is 23.1 Å². The van der Waals surface area contributed by atoms with Gasteiger partial charge in [-0.25, -0.2) is 13.4 Å². The highest BCUT2D eigenvalue weighted by Crippen LogP contribution is 2.23. The van der Waals surface area contributed by atoms with Crippen LogP contribution >= 0.6 is 0 Å². The normalized spacial score (nSPS) is 14.3. The summed E-state index contributed by atoms with van der Waals surface area (Å²) in [5.41, 5.74) is 3.84. The number of anilines is 4. The molecule has 168 valence electrons. The molecule has 2 heterocycles. The first-order chi connectivity index (χ1) is 15.3. The van der Waals surface area contributed by atoms with E-state index in [1.807, 2.05) is 26.0 Å². The van der Waals surface area contributed by atoms with Crippen molar-refractivity contribution in [3.05, 3.63) is 65.4 Å². The quantitative estimate of drug-likeness (QED) is 0.586. The molecule has 0 saturated carbocycles. The van der Waals surface area contributed by atoms with Crippen molar-refractivity contribution in [2.24, 2.45) is 0 Å². The predicted octanol–water partition coefficient (Wildman–Crippen LogP) is 3.78. The molecule has 0 atom stereocenters. The summed E-state index contributed by atoms with van der Waals surface area (Å²) in [6.07, 6.45) is 0. The number of aryl methyl sites for hydroxylation is 3. The van der Waals surface area contributed by atoms with Gasteiger partial charge in [0.25, 0.3) is 10.0 Å². The number of hydrogen-bond donors (Lipinski definition) is 2. The first-order valence-corrected chi connectivity index (χ1v) is 11.9. The first-order valence-electron chi connectivity index (χ1n) is 10.5. The van der Waals surface area contributed by atoms with Crippen LogP contribution in [0.1, 0.15) is 16.8 Å². The van der Waals surface area contributed by atoms with Crippen LogP contribution < -0.4 is 14.9 Å². The maximum absolute atomic E-state index is 12.8. The summed E-state index contributed by atoms with van der Waals surface area (Å²) in [4.78, 5) is 11.5. The minimum atomic E-state index is -3.67. The predicted molar refractivity (Wildman–Crippen MR) is 126 cm³/mol. The highest BCUT2D eigenvalue weighted by atomic mass is 32.2. The van der Waals surface area contributed by atoms with E-state index in [1.165, 1.54) is 0 Å². The van der Waals surface area contributed by atoms with Crippen LogP contribution in [0.25, 0.3) is 0 Å². The lowest BCUT2D eigenvalue weighted by molar-refractivity contribution is 0.122. The molecule has 2 N–H and O–H groups in total. The molecular formula is C23H27N5O3S. The lowest BCUT2D eigenvalue weighted by Crippen LogP contribution is -2.36. The Kier molecular flexibility index (Phi) is 6.29. The number of benzene rings is 2. The van der Waals surface area contributed by atoms with Crippen molar-refractivity contribution < 1.29 is 13.2 Å². The van der Waals surface area contributed by atoms with E-state index in [0.717, 1.165) is 35.9 Å². The van der Waals surface area contributed by atoms with E-state index in [1.54, 1.807) is 43.3 Å². The van der Waals surface area contributed by atoms with E-state index in [2.05, 4.69) is 24.9 Å². The Hall–Kier alpha value is -3.17. The van der Waals surface area contributed by atoms with Crippen molar-refractivity contribution in [1.29, 1.82) is 0 Å². The number of nitrogens with one attached hydrogen (secondary N) is 2. The Morgan fingerprint density at radius 2 is 1.59 bits per heavy atom. The molecule has 9 heteroatoms. The van der Waals surface area contributed by atoms with E-state index in [4.69, 9.17) is 4.74 Å². The van der Waals surface area contributed by atoms with Gasteiger partial charge in [0.2, 0.25) is 5.95 Å². The molecule has 2 aromatic carbocycles. The van der Waals surface area contributed by atoms with Gasteiger partial charge in [0.05, 0.1) is 18.1 Å². The topological polar surface area (TPSA) is 96.5 Å². The lowest BCUT2D eigenvalue weighted by Gasteiger charge is -2.28. The van der Waals surface area contributed by atoms with Gasteiger partial charge in [0.15, 0.2) is 0 Å². The Morgan fingerprint density at radius 1 is 0.906 bits per heavy atom. The number of sulfonamides is 1. The Labute approximate surface area is 188 Å². The molecule has 0 spiro atoms. The van der Waals surface area contributed by atoms with Crippen LogP contribution in [0.15, 0.2) is 53.4 Å². The highest BCUT2D eigenvalue weighted by Gasteiger charge is 2.17. The van der Waals surface area contributed by atoms with Gasteiger partial charge in [-0.2, -0.15) is 4.98 Å². The molecule has 8 nitrogen and oxygen atoms in total. The number of hydrogen-bond acceptors (Lipinski definition) is 7. The molecule has 4 rings (SSSR count). The maximum Gasteiger partial charge on any atom is 0.262 e. The van der Waals surface area contributed by atoms with Crippen molar-refractivity contribution in [2.75, 3.05) is 41.2 Å². The standard InChI is InChI=1S/C23H27N5O3S/c1-16-4-9-21(17(2)14-16)32(29,30)27-20-7-5-19(6-8-20)25-23-24-18(3)15-22(26-23)28-10-12-31-13-11-28/h4-9,14-15,27H,10-13H2,1-3H3,(H,24,25,26). The molecule has 0 radical (unpaired) electrons. The smallest absolute Gasteiger partial charge is 0.262 e. The van der Waals surface area contributed by atoms with Gasteiger partial charge < -0.3 is 15.0 Å². The fourth-order valence-corrected chi connectivity index (χ4v) is 4.91. The first kappa shape index (κ1) is 22.0. The SMILES string of the molecule is Cc1ccc(S(=O)(=O)Nc2ccc(Nc3nc(C)cc(N4CCOCC4)n3)cc2)c(C)c1. The summed E-state index contributed by atoms with van der Waals surface area (Å²) >= 11 is 0. The largest absolute Gasteiger partial charge is 0.378 e. The second kappa shape index (κ2) is 9.13. The molecule has 0 bridgehead atoms. The maximum atomic E-state index is 12.8. The van der Waals surface area contributed by atoms with Crippen LogP contribution in [-0.4, -0.2) is 44.7 Å². The molecule has 1 aliphatic rings. The van der Waals surface area contributed by atoms with E-state index in [0.29, 0.717) is 30.4 Å². The Morgan fingerprint density at radius 3 is 2.28 bits per heavy atom. The molecule has 1 aromatic heterocycles. The van der Waals surface area contributed by atoms with Crippen molar-refractivity contribution in [3.63, 3.8) is 0 Å². The molecule has 1 fully saturated rings. The van der Waals surface area contributed by atoms with Gasteiger partial charge in [0.1, 0.15) is 5.82 Å². The number of rotatable bonds is 6. The average molecular weight is 454 g/mol. The summed E-state index contributed by atoms with van der Waals surface area (Å²) in [6.45, 7) is 8.63. The van der Waals surface area contributed by atoms with Crippen molar-refractivity contribution >= 4 is 33.2 Å². The number of ether oxygens (including phenoxy) is 1. The molecule has 0 aliphatic carbocycles. The van der Waals surface area contributed by atoms with E-state index < -0.39 is 10.0 Å². The number of aromatic nitrogens is 2. The summed E-state index contributed by atoms with van der Waals surface area (Å²) in [7, 11) is -3.67. The minimum Gasteiger partial charge on any atom is -0.378 e. The molecule has 1 aliphatic heterocycles. The fourth-order valence-electron chi connectivity index (χ4n) is 3.62. The van der Waals surface area contributed by atoms with Crippen LogP contribution in [0, 0.1) is 20.8 Å². The van der Waals surface area contributed by atoms with E-state index in [-0.39, 0.29) is 4.90 Å². The van der Waals surface area contributed by atoms with Gasteiger partial charge in [-0.1, -0.05) is 17.7 Å². The Bertz CT molecular complexity index is 1210. The summed E-state index contributed by atoms with van der Waals surface area (Å²) in [5, 5.41) is 3.20. The molecular weight excluding hydrogens is 426 g/mol. The zero-order chi connectivity index (χ0) is 22.7. The van der Waals surface area contributed by atoms with Crippen molar-refractivity contribution in [3.8, 4) is 0 Å². The number of morpholine rings is 1. The fraction of sp³-hybridized carbons (Fsp3) is 0.304. The number of nitrogens with zero attached hydrogens (tertiary/aromatic N) is 3. The molecule has 3 aromatic rings. The van der Waals surface area contributed by atoms with E-state index >= 15 is 0 Å². The monoisotopic (exact) mass is 453 g/mol. The lowest BCUT2D eigenvalue weighted by atomic mass is 10.2.